The van der Waals surface area contributed by atoms with Crippen LogP contribution in [0.1, 0.15) is 21.7 Å². The van der Waals surface area contributed by atoms with Gasteiger partial charge in [-0.05, 0) is 30.7 Å². The SMILES string of the molecule is Cc1cccn2c(=O)cc(COC(=O)c3ccc[nH]3)nc12. The molecular weight excluding hydrogens is 270 g/mol. The topological polar surface area (TPSA) is 76.5 Å². The molecule has 6 heteroatoms. The van der Waals surface area contributed by atoms with E-state index < -0.39 is 5.97 Å². The molecule has 1 N–H and O–H groups in total. The summed E-state index contributed by atoms with van der Waals surface area (Å²) in [7, 11) is 0. The van der Waals surface area contributed by atoms with Crippen LogP contribution in [0, 0.1) is 6.92 Å². The normalized spacial score (nSPS) is 10.7. The van der Waals surface area contributed by atoms with Crippen molar-refractivity contribution in [3.8, 4) is 0 Å². The van der Waals surface area contributed by atoms with E-state index in [1.165, 1.54) is 10.5 Å². The summed E-state index contributed by atoms with van der Waals surface area (Å²) in [6.07, 6.45) is 3.30. The van der Waals surface area contributed by atoms with Crippen molar-refractivity contribution in [1.82, 2.24) is 14.4 Å². The Balaban J connectivity index is 1.86. The number of fused-ring (bicyclic) bond motifs is 1. The molecule has 3 heterocycles. The number of hydrogen-bond donors (Lipinski definition) is 1. The molecule has 0 spiro atoms. The number of pyridine rings is 1. The van der Waals surface area contributed by atoms with E-state index in [1.807, 2.05) is 13.0 Å². The van der Waals surface area contributed by atoms with Crippen LogP contribution < -0.4 is 5.56 Å². The number of esters is 1. The zero-order chi connectivity index (χ0) is 14.8. The maximum atomic E-state index is 12.0. The average Bonchev–Trinajstić information content (AvgIpc) is 3.00. The van der Waals surface area contributed by atoms with Gasteiger partial charge >= 0.3 is 5.97 Å². The van der Waals surface area contributed by atoms with Crippen molar-refractivity contribution in [3.63, 3.8) is 0 Å². The number of nitrogens with zero attached hydrogens (tertiary/aromatic N) is 2. The van der Waals surface area contributed by atoms with E-state index in [9.17, 15) is 9.59 Å². The quantitative estimate of drug-likeness (QED) is 0.742. The van der Waals surface area contributed by atoms with Crippen molar-refractivity contribution >= 4 is 11.6 Å². The lowest BCUT2D eigenvalue weighted by Gasteiger charge is -2.06. The van der Waals surface area contributed by atoms with E-state index in [4.69, 9.17) is 4.74 Å². The lowest BCUT2D eigenvalue weighted by molar-refractivity contribution is 0.0461. The molecule has 0 radical (unpaired) electrons. The molecule has 0 saturated heterocycles. The van der Waals surface area contributed by atoms with Gasteiger partial charge in [-0.3, -0.25) is 9.20 Å². The molecule has 106 valence electrons. The minimum Gasteiger partial charge on any atom is -0.455 e. The highest BCUT2D eigenvalue weighted by atomic mass is 16.5. The zero-order valence-electron chi connectivity index (χ0n) is 11.4. The third-order valence-electron chi connectivity index (χ3n) is 3.11. The molecule has 0 aliphatic rings. The summed E-state index contributed by atoms with van der Waals surface area (Å²) >= 11 is 0. The standard InChI is InChI=1S/C15H13N3O3/c1-10-4-3-7-18-13(19)8-11(17-14(10)18)9-21-15(20)12-5-2-6-16-12/h2-8,16H,9H2,1H3. The molecule has 0 bridgehead atoms. The lowest BCUT2D eigenvalue weighted by atomic mass is 10.3. The predicted molar refractivity (Wildman–Crippen MR) is 76.1 cm³/mol. The van der Waals surface area contributed by atoms with Crippen LogP contribution in [0.3, 0.4) is 0 Å². The van der Waals surface area contributed by atoms with Crippen LogP contribution in [0.2, 0.25) is 0 Å². The highest BCUT2D eigenvalue weighted by Gasteiger charge is 2.10. The van der Waals surface area contributed by atoms with Crippen molar-refractivity contribution in [1.29, 1.82) is 0 Å². The second kappa shape index (κ2) is 5.24. The van der Waals surface area contributed by atoms with Crippen molar-refractivity contribution in [2.75, 3.05) is 0 Å². The molecule has 0 unspecified atom stereocenters. The highest BCUT2D eigenvalue weighted by Crippen LogP contribution is 2.07. The van der Waals surface area contributed by atoms with E-state index in [-0.39, 0.29) is 12.2 Å². The molecule has 0 saturated carbocycles. The molecule has 3 rings (SSSR count). The van der Waals surface area contributed by atoms with Crippen LogP contribution in [0.25, 0.3) is 5.65 Å². The molecule has 6 nitrogen and oxygen atoms in total. The first-order valence-corrected chi connectivity index (χ1v) is 6.43. The van der Waals surface area contributed by atoms with Gasteiger partial charge in [0.15, 0.2) is 0 Å². The highest BCUT2D eigenvalue weighted by molar-refractivity contribution is 5.87. The molecule has 3 aromatic rings. The fourth-order valence-electron chi connectivity index (χ4n) is 2.06. The Morgan fingerprint density at radius 1 is 1.38 bits per heavy atom. The smallest absolute Gasteiger partial charge is 0.355 e. The number of aromatic amines is 1. The van der Waals surface area contributed by atoms with E-state index >= 15 is 0 Å². The van der Waals surface area contributed by atoms with Crippen molar-refractivity contribution in [2.45, 2.75) is 13.5 Å². The Morgan fingerprint density at radius 3 is 3.00 bits per heavy atom. The van der Waals surface area contributed by atoms with Gasteiger partial charge in [0, 0.05) is 18.5 Å². The van der Waals surface area contributed by atoms with E-state index in [0.717, 1.165) is 5.56 Å². The van der Waals surface area contributed by atoms with Gasteiger partial charge in [-0.2, -0.15) is 0 Å². The fourth-order valence-corrected chi connectivity index (χ4v) is 2.06. The van der Waals surface area contributed by atoms with E-state index in [0.29, 0.717) is 17.0 Å². The van der Waals surface area contributed by atoms with Crippen LogP contribution in [-0.4, -0.2) is 20.3 Å². The number of carbonyl (C=O) groups is 1. The van der Waals surface area contributed by atoms with Gasteiger partial charge in [-0.15, -0.1) is 0 Å². The molecule has 0 aromatic carbocycles. The Morgan fingerprint density at radius 2 is 2.24 bits per heavy atom. The van der Waals surface area contributed by atoms with Crippen LogP contribution >= 0.6 is 0 Å². The maximum absolute atomic E-state index is 12.0. The van der Waals surface area contributed by atoms with Crippen LogP contribution in [0.15, 0.2) is 47.5 Å². The van der Waals surface area contributed by atoms with Crippen LogP contribution in [-0.2, 0) is 11.3 Å². The van der Waals surface area contributed by atoms with E-state index in [2.05, 4.69) is 9.97 Å². The molecule has 0 fully saturated rings. The maximum Gasteiger partial charge on any atom is 0.355 e. The van der Waals surface area contributed by atoms with Crippen molar-refractivity contribution in [2.24, 2.45) is 0 Å². The first kappa shape index (κ1) is 13.1. The Kier molecular flexibility index (Phi) is 3.27. The summed E-state index contributed by atoms with van der Waals surface area (Å²) in [5.74, 6) is -0.480. The molecule has 0 atom stereocenters. The van der Waals surface area contributed by atoms with Crippen LogP contribution in [0.5, 0.6) is 0 Å². The summed E-state index contributed by atoms with van der Waals surface area (Å²) in [4.78, 5) is 30.9. The van der Waals surface area contributed by atoms with E-state index in [1.54, 1.807) is 30.6 Å². The summed E-state index contributed by atoms with van der Waals surface area (Å²) in [5, 5.41) is 0. The van der Waals surface area contributed by atoms with Gasteiger partial charge < -0.3 is 9.72 Å². The van der Waals surface area contributed by atoms with Crippen molar-refractivity contribution in [3.05, 3.63) is 70.0 Å². The Labute approximate surface area is 120 Å². The molecule has 3 aromatic heterocycles. The van der Waals surface area contributed by atoms with Crippen LogP contribution in [0.4, 0.5) is 0 Å². The van der Waals surface area contributed by atoms with Gasteiger partial charge in [-0.1, -0.05) is 6.07 Å². The number of aryl methyl sites for hydroxylation is 1. The second-order valence-corrected chi connectivity index (χ2v) is 4.63. The minimum atomic E-state index is -0.480. The number of H-pyrrole nitrogens is 1. The number of carbonyl (C=O) groups excluding carboxylic acids is 1. The van der Waals surface area contributed by atoms with Gasteiger partial charge in [0.2, 0.25) is 0 Å². The Hall–Kier alpha value is -2.89. The first-order chi connectivity index (χ1) is 10.1. The first-order valence-electron chi connectivity index (χ1n) is 6.43. The monoisotopic (exact) mass is 283 g/mol. The van der Waals surface area contributed by atoms with Gasteiger partial charge in [0.05, 0.1) is 5.69 Å². The molecule has 0 amide bonds. The number of aromatic nitrogens is 3. The average molecular weight is 283 g/mol. The summed E-state index contributed by atoms with van der Waals surface area (Å²) < 4.78 is 6.60. The number of ether oxygens (including phenoxy) is 1. The number of hydrogen-bond acceptors (Lipinski definition) is 4. The third-order valence-corrected chi connectivity index (χ3v) is 3.11. The zero-order valence-corrected chi connectivity index (χ0v) is 11.4. The van der Waals surface area contributed by atoms with Gasteiger partial charge in [-0.25, -0.2) is 9.78 Å². The summed E-state index contributed by atoms with van der Waals surface area (Å²) in [6, 6.07) is 8.36. The lowest BCUT2D eigenvalue weighted by Crippen LogP contribution is -2.17. The number of rotatable bonds is 3. The summed E-state index contributed by atoms with van der Waals surface area (Å²) in [5.41, 5.74) is 2.04. The fraction of sp³-hybridized carbons (Fsp3) is 0.133. The largest absolute Gasteiger partial charge is 0.455 e. The second-order valence-electron chi connectivity index (χ2n) is 4.63. The third kappa shape index (κ3) is 2.55. The van der Waals surface area contributed by atoms with Gasteiger partial charge in [0.25, 0.3) is 5.56 Å². The molecule has 21 heavy (non-hydrogen) atoms. The van der Waals surface area contributed by atoms with Crippen molar-refractivity contribution < 1.29 is 9.53 Å². The van der Waals surface area contributed by atoms with Gasteiger partial charge in [0.1, 0.15) is 17.9 Å². The minimum absolute atomic E-state index is 0.0437. The molecular formula is C15H13N3O3. The number of nitrogens with one attached hydrogen (secondary N) is 1. The molecule has 0 aliphatic carbocycles. The Bertz CT molecular complexity index is 850. The predicted octanol–water partition coefficient (Wildman–Crippen LogP) is 1.69. The molecule has 0 aliphatic heterocycles. The summed E-state index contributed by atoms with van der Waals surface area (Å²) in [6.45, 7) is 1.83.